The fraction of sp³-hybridized carbons (Fsp3) is 0.684. The summed E-state index contributed by atoms with van der Waals surface area (Å²) in [4.78, 5) is 2.45. The minimum absolute atomic E-state index is 0.0457. The molecule has 1 aromatic rings. The molecule has 1 aliphatic heterocycles. The van der Waals surface area contributed by atoms with E-state index < -0.39 is 10.0 Å². The Labute approximate surface area is 151 Å². The summed E-state index contributed by atoms with van der Waals surface area (Å²) in [7, 11) is -3.34. The molecular weight excluding hydrogens is 339 g/mol. The van der Waals surface area contributed by atoms with Crippen molar-refractivity contribution in [3.8, 4) is 0 Å². The SMILES string of the molecule is O=S(=O)(Cc1ccc(F)cc1)N1CCCN(CC2CCCCC2)CC1. The smallest absolute Gasteiger partial charge is 0.218 e. The number of halogens is 1. The van der Waals surface area contributed by atoms with Crippen LogP contribution in [0.4, 0.5) is 4.39 Å². The molecule has 140 valence electrons. The Kier molecular flexibility index (Phi) is 6.47. The van der Waals surface area contributed by atoms with E-state index in [-0.39, 0.29) is 11.6 Å². The van der Waals surface area contributed by atoms with E-state index in [1.165, 1.54) is 44.2 Å². The Morgan fingerprint density at radius 1 is 0.920 bits per heavy atom. The fourth-order valence-electron chi connectivity index (χ4n) is 4.03. The predicted octanol–water partition coefficient (Wildman–Crippen LogP) is 3.24. The minimum atomic E-state index is -3.34. The van der Waals surface area contributed by atoms with Crippen LogP contribution >= 0.6 is 0 Å². The summed E-state index contributed by atoms with van der Waals surface area (Å²) in [6.45, 7) is 4.07. The Balaban J connectivity index is 1.54. The molecule has 1 aromatic carbocycles. The quantitative estimate of drug-likeness (QED) is 0.801. The molecule has 2 aliphatic rings. The normalized spacial score (nSPS) is 22.0. The molecule has 0 unspecified atom stereocenters. The van der Waals surface area contributed by atoms with Crippen molar-refractivity contribution in [2.75, 3.05) is 32.7 Å². The van der Waals surface area contributed by atoms with Crippen molar-refractivity contribution < 1.29 is 12.8 Å². The lowest BCUT2D eigenvalue weighted by Gasteiger charge is -2.28. The number of nitrogens with zero attached hydrogens (tertiary/aromatic N) is 2. The maximum Gasteiger partial charge on any atom is 0.218 e. The van der Waals surface area contributed by atoms with E-state index >= 15 is 0 Å². The fourth-order valence-corrected chi connectivity index (χ4v) is 5.59. The van der Waals surface area contributed by atoms with Gasteiger partial charge in [0.1, 0.15) is 5.82 Å². The van der Waals surface area contributed by atoms with E-state index in [1.54, 1.807) is 16.4 Å². The molecule has 2 fully saturated rings. The second-order valence-corrected chi connectivity index (χ2v) is 9.41. The average molecular weight is 369 g/mol. The summed E-state index contributed by atoms with van der Waals surface area (Å²) in [6, 6.07) is 5.75. The van der Waals surface area contributed by atoms with Gasteiger partial charge in [-0.05, 0) is 49.4 Å². The zero-order chi connectivity index (χ0) is 17.7. The van der Waals surface area contributed by atoms with Crippen molar-refractivity contribution in [2.24, 2.45) is 5.92 Å². The van der Waals surface area contributed by atoms with Gasteiger partial charge in [-0.25, -0.2) is 17.1 Å². The zero-order valence-electron chi connectivity index (χ0n) is 14.9. The van der Waals surface area contributed by atoms with Crippen LogP contribution in [0.5, 0.6) is 0 Å². The monoisotopic (exact) mass is 368 g/mol. The highest BCUT2D eigenvalue weighted by Gasteiger charge is 2.26. The van der Waals surface area contributed by atoms with E-state index in [0.717, 1.165) is 32.0 Å². The molecule has 6 heteroatoms. The Hall–Kier alpha value is -0.980. The molecular formula is C19H29FN2O2S. The lowest BCUT2D eigenvalue weighted by molar-refractivity contribution is 0.208. The van der Waals surface area contributed by atoms with Crippen LogP contribution in [0, 0.1) is 11.7 Å². The zero-order valence-corrected chi connectivity index (χ0v) is 15.7. The average Bonchev–Trinajstić information content (AvgIpc) is 2.84. The highest BCUT2D eigenvalue weighted by atomic mass is 32.2. The van der Waals surface area contributed by atoms with Crippen LogP contribution in [0.25, 0.3) is 0 Å². The van der Waals surface area contributed by atoms with Gasteiger partial charge in [0.05, 0.1) is 5.75 Å². The van der Waals surface area contributed by atoms with E-state index in [9.17, 15) is 12.8 Å². The molecule has 0 bridgehead atoms. The number of hydrogen-bond acceptors (Lipinski definition) is 3. The topological polar surface area (TPSA) is 40.6 Å². The molecule has 0 amide bonds. The maximum atomic E-state index is 13.0. The van der Waals surface area contributed by atoms with E-state index in [4.69, 9.17) is 0 Å². The largest absolute Gasteiger partial charge is 0.302 e. The summed E-state index contributed by atoms with van der Waals surface area (Å²) < 4.78 is 40.0. The van der Waals surface area contributed by atoms with Crippen molar-refractivity contribution in [3.63, 3.8) is 0 Å². The standard InChI is InChI=1S/C19H29FN2O2S/c20-19-9-7-18(8-10-19)16-25(23,24)22-12-4-11-21(13-14-22)15-17-5-2-1-3-6-17/h7-10,17H,1-6,11-16H2. The third-order valence-electron chi connectivity index (χ3n) is 5.44. The van der Waals surface area contributed by atoms with Crippen molar-refractivity contribution >= 4 is 10.0 Å². The van der Waals surface area contributed by atoms with Crippen LogP contribution in [0.2, 0.25) is 0 Å². The van der Waals surface area contributed by atoms with Crippen molar-refractivity contribution in [1.82, 2.24) is 9.21 Å². The van der Waals surface area contributed by atoms with Gasteiger partial charge in [0.25, 0.3) is 0 Å². The summed E-state index contributed by atoms with van der Waals surface area (Å²) >= 11 is 0. The van der Waals surface area contributed by atoms with Gasteiger partial charge in [0.15, 0.2) is 0 Å². The Bertz CT molecular complexity index is 642. The van der Waals surface area contributed by atoms with Gasteiger partial charge in [-0.3, -0.25) is 0 Å². The van der Waals surface area contributed by atoms with Crippen molar-refractivity contribution in [1.29, 1.82) is 0 Å². The van der Waals surface area contributed by atoms with E-state index in [0.29, 0.717) is 18.7 Å². The second-order valence-electron chi connectivity index (χ2n) is 7.44. The van der Waals surface area contributed by atoms with E-state index in [1.807, 2.05) is 0 Å². The molecule has 1 aliphatic carbocycles. The molecule has 0 radical (unpaired) electrons. The van der Waals surface area contributed by atoms with Crippen LogP contribution in [0.15, 0.2) is 24.3 Å². The molecule has 4 nitrogen and oxygen atoms in total. The first-order chi connectivity index (χ1) is 12.0. The maximum absolute atomic E-state index is 13.0. The molecule has 1 heterocycles. The molecule has 0 aromatic heterocycles. The van der Waals surface area contributed by atoms with Crippen LogP contribution in [0.3, 0.4) is 0 Å². The lowest BCUT2D eigenvalue weighted by Crippen LogP contribution is -2.37. The molecule has 25 heavy (non-hydrogen) atoms. The summed E-state index contributed by atoms with van der Waals surface area (Å²) in [6.07, 6.45) is 7.58. The highest BCUT2D eigenvalue weighted by molar-refractivity contribution is 7.88. The predicted molar refractivity (Wildman–Crippen MR) is 98.2 cm³/mol. The van der Waals surface area contributed by atoms with Gasteiger partial charge in [0.2, 0.25) is 10.0 Å². The van der Waals surface area contributed by atoms with Crippen molar-refractivity contribution in [2.45, 2.75) is 44.3 Å². The first-order valence-corrected chi connectivity index (χ1v) is 11.1. The number of benzene rings is 1. The first-order valence-electron chi connectivity index (χ1n) is 9.47. The van der Waals surface area contributed by atoms with E-state index in [2.05, 4.69) is 4.90 Å². The van der Waals surface area contributed by atoms with Crippen LogP contribution in [0.1, 0.15) is 44.1 Å². The number of hydrogen-bond donors (Lipinski definition) is 0. The molecule has 1 saturated carbocycles. The first kappa shape index (κ1) is 18.8. The lowest BCUT2D eigenvalue weighted by atomic mass is 9.89. The Morgan fingerprint density at radius 3 is 2.36 bits per heavy atom. The van der Waals surface area contributed by atoms with Crippen molar-refractivity contribution in [3.05, 3.63) is 35.6 Å². The van der Waals surface area contributed by atoms with Crippen LogP contribution in [-0.2, 0) is 15.8 Å². The van der Waals surface area contributed by atoms with Gasteiger partial charge in [-0.15, -0.1) is 0 Å². The Morgan fingerprint density at radius 2 is 1.64 bits per heavy atom. The number of rotatable bonds is 5. The molecule has 3 rings (SSSR count). The summed E-state index contributed by atoms with van der Waals surface area (Å²) in [5.74, 6) is 0.404. The van der Waals surface area contributed by atoms with Gasteiger partial charge < -0.3 is 4.90 Å². The van der Waals surface area contributed by atoms with Gasteiger partial charge in [-0.1, -0.05) is 31.4 Å². The van der Waals surface area contributed by atoms with Crippen LogP contribution in [-0.4, -0.2) is 50.3 Å². The van der Waals surface area contributed by atoms with Gasteiger partial charge >= 0.3 is 0 Å². The minimum Gasteiger partial charge on any atom is -0.302 e. The van der Waals surface area contributed by atoms with Gasteiger partial charge in [0, 0.05) is 26.2 Å². The second kappa shape index (κ2) is 8.60. The third-order valence-corrected chi connectivity index (χ3v) is 7.29. The molecule has 1 saturated heterocycles. The van der Waals surface area contributed by atoms with Crippen LogP contribution < -0.4 is 0 Å². The third kappa shape index (κ3) is 5.50. The molecule has 0 atom stereocenters. The van der Waals surface area contributed by atoms with Gasteiger partial charge in [-0.2, -0.15) is 0 Å². The summed E-state index contributed by atoms with van der Waals surface area (Å²) in [5.41, 5.74) is 0.643. The highest BCUT2D eigenvalue weighted by Crippen LogP contribution is 2.25. The summed E-state index contributed by atoms with van der Waals surface area (Å²) in [5, 5.41) is 0. The number of sulfonamides is 1. The molecule has 0 N–H and O–H groups in total. The molecule has 0 spiro atoms.